The first-order valence-corrected chi connectivity index (χ1v) is 6.71. The molecule has 92 valence electrons. The lowest BCUT2D eigenvalue weighted by Crippen LogP contribution is -2.27. The van der Waals surface area contributed by atoms with Crippen LogP contribution in [-0.2, 0) is 0 Å². The molecule has 0 aliphatic rings. The summed E-state index contributed by atoms with van der Waals surface area (Å²) in [4.78, 5) is 0. The summed E-state index contributed by atoms with van der Waals surface area (Å²) in [6.07, 6.45) is 8.25. The molecule has 1 heteroatoms. The van der Waals surface area contributed by atoms with E-state index in [0.29, 0.717) is 11.5 Å². The molecule has 0 bridgehead atoms. The molecule has 0 aromatic rings. The van der Waals surface area contributed by atoms with Gasteiger partial charge in [0, 0.05) is 6.04 Å². The lowest BCUT2D eigenvalue weighted by atomic mass is 9.83. The highest BCUT2D eigenvalue weighted by Crippen LogP contribution is 2.27. The molecule has 15 heavy (non-hydrogen) atoms. The lowest BCUT2D eigenvalue weighted by Gasteiger charge is -2.25. The largest absolute Gasteiger partial charge is 0.315 e. The standard InChI is InChI=1S/C14H31N/c1-6-7-8-9-10-14(4,5)11-12-15-13(2)3/h13,15H,6-12H2,1-5H3. The summed E-state index contributed by atoms with van der Waals surface area (Å²) in [7, 11) is 0. The quantitative estimate of drug-likeness (QED) is 0.561. The SMILES string of the molecule is CCCCCCC(C)(C)CCNC(C)C. The second-order valence-corrected chi connectivity index (χ2v) is 5.83. The molecule has 0 aromatic carbocycles. The molecule has 0 aliphatic heterocycles. The summed E-state index contributed by atoms with van der Waals surface area (Å²) in [6, 6.07) is 0.626. The van der Waals surface area contributed by atoms with Gasteiger partial charge in [0.05, 0.1) is 0 Å². The van der Waals surface area contributed by atoms with Gasteiger partial charge in [-0.25, -0.2) is 0 Å². The third-order valence-corrected chi connectivity index (χ3v) is 3.06. The van der Waals surface area contributed by atoms with Gasteiger partial charge in [0.25, 0.3) is 0 Å². The monoisotopic (exact) mass is 213 g/mol. The molecule has 0 fully saturated rings. The van der Waals surface area contributed by atoms with Crippen LogP contribution in [0.15, 0.2) is 0 Å². The molecule has 0 saturated carbocycles. The van der Waals surface area contributed by atoms with Crippen LogP contribution in [0.25, 0.3) is 0 Å². The lowest BCUT2D eigenvalue weighted by molar-refractivity contribution is 0.286. The molecule has 0 atom stereocenters. The summed E-state index contributed by atoms with van der Waals surface area (Å²) in [6.45, 7) is 12.7. The highest BCUT2D eigenvalue weighted by Gasteiger charge is 2.16. The predicted octanol–water partition coefficient (Wildman–Crippen LogP) is 4.37. The van der Waals surface area contributed by atoms with E-state index < -0.39 is 0 Å². The molecule has 0 amide bonds. The fourth-order valence-corrected chi connectivity index (χ4v) is 1.85. The van der Waals surface area contributed by atoms with Crippen molar-refractivity contribution in [2.24, 2.45) is 5.41 Å². The molecule has 0 aliphatic carbocycles. The molecule has 0 heterocycles. The smallest absolute Gasteiger partial charge is 0.00103 e. The van der Waals surface area contributed by atoms with Crippen molar-refractivity contribution in [1.82, 2.24) is 5.32 Å². The fraction of sp³-hybridized carbons (Fsp3) is 1.00. The van der Waals surface area contributed by atoms with Gasteiger partial charge in [-0.2, -0.15) is 0 Å². The van der Waals surface area contributed by atoms with Crippen molar-refractivity contribution in [3.8, 4) is 0 Å². The average Bonchev–Trinajstić information content (AvgIpc) is 2.11. The van der Waals surface area contributed by atoms with Crippen molar-refractivity contribution in [2.75, 3.05) is 6.54 Å². The number of rotatable bonds is 9. The van der Waals surface area contributed by atoms with E-state index in [0.717, 1.165) is 0 Å². The topological polar surface area (TPSA) is 12.0 Å². The van der Waals surface area contributed by atoms with Crippen LogP contribution in [0.1, 0.15) is 73.1 Å². The Morgan fingerprint density at radius 2 is 1.67 bits per heavy atom. The molecule has 0 aromatic heterocycles. The van der Waals surface area contributed by atoms with Crippen LogP contribution in [0.4, 0.5) is 0 Å². The van der Waals surface area contributed by atoms with E-state index in [1.54, 1.807) is 0 Å². The first-order valence-electron chi connectivity index (χ1n) is 6.71. The van der Waals surface area contributed by atoms with Crippen molar-refractivity contribution >= 4 is 0 Å². The molecule has 1 N–H and O–H groups in total. The zero-order valence-electron chi connectivity index (χ0n) is 11.5. The highest BCUT2D eigenvalue weighted by atomic mass is 14.9. The van der Waals surface area contributed by atoms with Crippen molar-refractivity contribution in [3.63, 3.8) is 0 Å². The molecule has 1 nitrogen and oxygen atoms in total. The van der Waals surface area contributed by atoms with Gasteiger partial charge in [-0.3, -0.25) is 0 Å². The predicted molar refractivity (Wildman–Crippen MR) is 70.3 cm³/mol. The Bertz CT molecular complexity index is 138. The van der Waals surface area contributed by atoms with Crippen LogP contribution in [-0.4, -0.2) is 12.6 Å². The average molecular weight is 213 g/mol. The van der Waals surface area contributed by atoms with E-state index in [2.05, 4.69) is 39.9 Å². The van der Waals surface area contributed by atoms with Gasteiger partial charge in [-0.1, -0.05) is 60.3 Å². The van der Waals surface area contributed by atoms with Crippen LogP contribution in [0.2, 0.25) is 0 Å². The van der Waals surface area contributed by atoms with Crippen molar-refractivity contribution in [2.45, 2.75) is 79.2 Å². The highest BCUT2D eigenvalue weighted by molar-refractivity contribution is 4.70. The van der Waals surface area contributed by atoms with E-state index in [-0.39, 0.29) is 0 Å². The number of nitrogens with one attached hydrogen (secondary N) is 1. The van der Waals surface area contributed by atoms with Gasteiger partial charge in [0.1, 0.15) is 0 Å². The Kier molecular flexibility index (Phi) is 8.13. The van der Waals surface area contributed by atoms with Gasteiger partial charge in [-0.05, 0) is 24.8 Å². The minimum atomic E-state index is 0.523. The van der Waals surface area contributed by atoms with E-state index in [1.165, 1.54) is 45.1 Å². The van der Waals surface area contributed by atoms with E-state index in [9.17, 15) is 0 Å². The van der Waals surface area contributed by atoms with Crippen LogP contribution >= 0.6 is 0 Å². The second-order valence-electron chi connectivity index (χ2n) is 5.83. The molecular formula is C14H31N. The maximum absolute atomic E-state index is 3.50. The van der Waals surface area contributed by atoms with Gasteiger partial charge < -0.3 is 5.32 Å². The van der Waals surface area contributed by atoms with Crippen molar-refractivity contribution in [3.05, 3.63) is 0 Å². The molecular weight excluding hydrogens is 182 g/mol. The van der Waals surface area contributed by atoms with Crippen molar-refractivity contribution < 1.29 is 0 Å². The summed E-state index contributed by atoms with van der Waals surface area (Å²) < 4.78 is 0. The fourth-order valence-electron chi connectivity index (χ4n) is 1.85. The summed E-state index contributed by atoms with van der Waals surface area (Å²) in [5.41, 5.74) is 0.523. The summed E-state index contributed by atoms with van der Waals surface area (Å²) >= 11 is 0. The second kappa shape index (κ2) is 8.15. The van der Waals surface area contributed by atoms with Gasteiger partial charge in [0.15, 0.2) is 0 Å². The number of unbranched alkanes of at least 4 members (excludes halogenated alkanes) is 3. The third-order valence-electron chi connectivity index (χ3n) is 3.06. The minimum Gasteiger partial charge on any atom is -0.315 e. The van der Waals surface area contributed by atoms with Crippen LogP contribution in [0, 0.1) is 5.41 Å². The number of hydrogen-bond acceptors (Lipinski definition) is 1. The number of hydrogen-bond donors (Lipinski definition) is 1. The molecule has 0 saturated heterocycles. The van der Waals surface area contributed by atoms with E-state index in [1.807, 2.05) is 0 Å². The first kappa shape index (κ1) is 15.0. The Balaban J connectivity index is 3.48. The van der Waals surface area contributed by atoms with Crippen LogP contribution in [0.3, 0.4) is 0 Å². The minimum absolute atomic E-state index is 0.523. The maximum Gasteiger partial charge on any atom is 0.00103 e. The molecule has 0 spiro atoms. The Morgan fingerprint density at radius 3 is 2.20 bits per heavy atom. The van der Waals surface area contributed by atoms with Gasteiger partial charge in [0.2, 0.25) is 0 Å². The zero-order valence-corrected chi connectivity index (χ0v) is 11.5. The third kappa shape index (κ3) is 10.2. The molecule has 0 rings (SSSR count). The Hall–Kier alpha value is -0.0400. The van der Waals surface area contributed by atoms with Crippen molar-refractivity contribution in [1.29, 1.82) is 0 Å². The van der Waals surface area contributed by atoms with Crippen LogP contribution in [0.5, 0.6) is 0 Å². The Morgan fingerprint density at radius 1 is 1.00 bits per heavy atom. The normalized spacial score (nSPS) is 12.4. The molecule has 0 radical (unpaired) electrons. The van der Waals surface area contributed by atoms with Crippen LogP contribution < -0.4 is 5.32 Å². The van der Waals surface area contributed by atoms with Gasteiger partial charge >= 0.3 is 0 Å². The maximum atomic E-state index is 3.50. The summed E-state index contributed by atoms with van der Waals surface area (Å²) in [5.74, 6) is 0. The Labute approximate surface area is 97.0 Å². The van der Waals surface area contributed by atoms with E-state index in [4.69, 9.17) is 0 Å². The first-order chi connectivity index (χ1) is 6.98. The van der Waals surface area contributed by atoms with Gasteiger partial charge in [-0.15, -0.1) is 0 Å². The summed E-state index contributed by atoms with van der Waals surface area (Å²) in [5, 5.41) is 3.50. The molecule has 0 unspecified atom stereocenters. The zero-order chi connectivity index (χ0) is 11.7. The van der Waals surface area contributed by atoms with E-state index >= 15 is 0 Å².